The summed E-state index contributed by atoms with van der Waals surface area (Å²) < 4.78 is 17.7. The molecule has 1 fully saturated rings. The SMILES string of the molecule is COCC(=O)N1CCC2(CC1)CN(C(=O)COC)[C@@H](CO)c1c2c2ccc(OC)cc2n1C. The molecule has 1 aromatic carbocycles. The number of likely N-dealkylation sites (tertiary alicyclic amines) is 1. The number of nitrogens with zero attached hydrogens (tertiary/aromatic N) is 3. The van der Waals surface area contributed by atoms with Gasteiger partial charge < -0.3 is 33.7 Å². The van der Waals surface area contributed by atoms with E-state index < -0.39 is 6.04 Å². The van der Waals surface area contributed by atoms with Gasteiger partial charge in [0.2, 0.25) is 11.8 Å². The van der Waals surface area contributed by atoms with Crippen molar-refractivity contribution in [3.63, 3.8) is 0 Å². The van der Waals surface area contributed by atoms with E-state index in [2.05, 4.69) is 10.6 Å². The number of benzene rings is 1. The molecule has 0 aliphatic carbocycles. The minimum atomic E-state index is -0.468. The summed E-state index contributed by atoms with van der Waals surface area (Å²) in [5.41, 5.74) is 2.77. The summed E-state index contributed by atoms with van der Waals surface area (Å²) in [6.07, 6.45) is 1.44. The number of methoxy groups -OCH3 is 3. The average molecular weight is 460 g/mol. The van der Waals surface area contributed by atoms with E-state index in [1.54, 1.807) is 12.0 Å². The molecule has 9 nitrogen and oxygen atoms in total. The van der Waals surface area contributed by atoms with Crippen LogP contribution in [-0.4, -0.2) is 92.1 Å². The second kappa shape index (κ2) is 9.32. The average Bonchev–Trinajstić information content (AvgIpc) is 3.12. The molecule has 0 saturated carbocycles. The van der Waals surface area contributed by atoms with Crippen LogP contribution < -0.4 is 4.74 Å². The molecule has 0 bridgehead atoms. The molecule has 1 aromatic heterocycles. The maximum absolute atomic E-state index is 13.1. The molecular formula is C24H33N3O6. The zero-order valence-corrected chi connectivity index (χ0v) is 19.8. The number of aryl methyl sites for hydroxylation is 1. The van der Waals surface area contributed by atoms with Gasteiger partial charge in [0.05, 0.1) is 25.3 Å². The number of aliphatic hydroxyl groups is 1. The van der Waals surface area contributed by atoms with Crippen LogP contribution in [0.2, 0.25) is 0 Å². The van der Waals surface area contributed by atoms with Crippen LogP contribution in [0, 0.1) is 0 Å². The Kier molecular flexibility index (Phi) is 6.65. The van der Waals surface area contributed by atoms with E-state index in [4.69, 9.17) is 14.2 Å². The predicted octanol–water partition coefficient (Wildman–Crippen LogP) is 1.22. The van der Waals surface area contributed by atoms with E-state index >= 15 is 0 Å². The van der Waals surface area contributed by atoms with Gasteiger partial charge in [-0.1, -0.05) is 0 Å². The molecule has 1 spiro atoms. The zero-order valence-electron chi connectivity index (χ0n) is 19.8. The Morgan fingerprint density at radius 2 is 1.76 bits per heavy atom. The Labute approximate surface area is 193 Å². The van der Waals surface area contributed by atoms with Crippen molar-refractivity contribution in [2.75, 3.05) is 60.8 Å². The molecule has 2 aromatic rings. The molecule has 2 aliphatic heterocycles. The number of ether oxygens (including phenoxy) is 3. The molecule has 0 unspecified atom stereocenters. The van der Waals surface area contributed by atoms with Crippen LogP contribution in [-0.2, 0) is 31.5 Å². The molecule has 180 valence electrons. The molecule has 0 radical (unpaired) electrons. The number of aliphatic hydroxyl groups excluding tert-OH is 1. The first kappa shape index (κ1) is 23.5. The van der Waals surface area contributed by atoms with Gasteiger partial charge in [-0.05, 0) is 30.5 Å². The number of carbonyl (C=O) groups is 2. The highest BCUT2D eigenvalue weighted by molar-refractivity contribution is 5.90. The molecule has 1 atom stereocenters. The number of aromatic nitrogens is 1. The van der Waals surface area contributed by atoms with Crippen molar-refractivity contribution in [2.24, 2.45) is 7.05 Å². The first-order valence-corrected chi connectivity index (χ1v) is 11.2. The van der Waals surface area contributed by atoms with Crippen molar-refractivity contribution < 1.29 is 28.9 Å². The molecule has 1 N–H and O–H groups in total. The molecule has 9 heteroatoms. The van der Waals surface area contributed by atoms with Gasteiger partial charge in [0, 0.05) is 63.5 Å². The largest absolute Gasteiger partial charge is 0.497 e. The third-order valence-electron chi connectivity index (χ3n) is 7.25. The summed E-state index contributed by atoms with van der Waals surface area (Å²) in [6, 6.07) is 5.54. The van der Waals surface area contributed by atoms with E-state index in [0.717, 1.165) is 35.2 Å². The van der Waals surface area contributed by atoms with Crippen LogP contribution in [0.5, 0.6) is 5.75 Å². The number of carbonyl (C=O) groups excluding carboxylic acids is 2. The van der Waals surface area contributed by atoms with Gasteiger partial charge in [0.15, 0.2) is 0 Å². The number of amides is 2. The highest BCUT2D eigenvalue weighted by Gasteiger charge is 2.49. The lowest BCUT2D eigenvalue weighted by Crippen LogP contribution is -2.56. The van der Waals surface area contributed by atoms with Crippen LogP contribution in [0.15, 0.2) is 18.2 Å². The van der Waals surface area contributed by atoms with Crippen molar-refractivity contribution in [3.8, 4) is 5.75 Å². The van der Waals surface area contributed by atoms with Crippen LogP contribution in [0.25, 0.3) is 10.9 Å². The maximum atomic E-state index is 13.1. The molecular weight excluding hydrogens is 426 g/mol. The predicted molar refractivity (Wildman–Crippen MR) is 122 cm³/mol. The Bertz CT molecular complexity index is 1040. The highest BCUT2D eigenvalue weighted by atomic mass is 16.5. The summed E-state index contributed by atoms with van der Waals surface area (Å²) in [5, 5.41) is 11.5. The Balaban J connectivity index is 1.85. The van der Waals surface area contributed by atoms with Crippen molar-refractivity contribution in [1.29, 1.82) is 0 Å². The molecule has 33 heavy (non-hydrogen) atoms. The highest BCUT2D eigenvalue weighted by Crippen LogP contribution is 2.50. The lowest BCUT2D eigenvalue weighted by Gasteiger charge is -2.50. The van der Waals surface area contributed by atoms with Gasteiger partial charge >= 0.3 is 0 Å². The maximum Gasteiger partial charge on any atom is 0.249 e. The first-order chi connectivity index (χ1) is 15.9. The minimum absolute atomic E-state index is 0.0217. The summed E-state index contributed by atoms with van der Waals surface area (Å²) in [7, 11) is 6.63. The van der Waals surface area contributed by atoms with Gasteiger partial charge in [-0.2, -0.15) is 0 Å². The molecule has 1 saturated heterocycles. The van der Waals surface area contributed by atoms with E-state index in [1.165, 1.54) is 19.8 Å². The summed E-state index contributed by atoms with van der Waals surface area (Å²) in [4.78, 5) is 29.1. The number of rotatable bonds is 6. The number of piperidine rings is 1. The van der Waals surface area contributed by atoms with Crippen LogP contribution >= 0.6 is 0 Å². The fraction of sp³-hybridized carbons (Fsp3) is 0.583. The fourth-order valence-corrected chi connectivity index (χ4v) is 5.63. The van der Waals surface area contributed by atoms with Crippen molar-refractivity contribution in [3.05, 3.63) is 29.5 Å². The fourth-order valence-electron chi connectivity index (χ4n) is 5.63. The third kappa shape index (κ3) is 3.88. The monoisotopic (exact) mass is 459 g/mol. The van der Waals surface area contributed by atoms with Gasteiger partial charge in [-0.3, -0.25) is 9.59 Å². The molecule has 3 heterocycles. The summed E-state index contributed by atoms with van der Waals surface area (Å²) in [6.45, 7) is 1.49. The summed E-state index contributed by atoms with van der Waals surface area (Å²) >= 11 is 0. The Morgan fingerprint density at radius 1 is 1.09 bits per heavy atom. The summed E-state index contributed by atoms with van der Waals surface area (Å²) in [5.74, 6) is 0.580. The lowest BCUT2D eigenvalue weighted by atomic mass is 9.68. The quantitative estimate of drug-likeness (QED) is 0.698. The zero-order chi connectivity index (χ0) is 23.8. The normalized spacial score (nSPS) is 19.7. The van der Waals surface area contributed by atoms with E-state index in [9.17, 15) is 14.7 Å². The second-order valence-corrected chi connectivity index (χ2v) is 8.95. The van der Waals surface area contributed by atoms with Gasteiger partial charge in [-0.25, -0.2) is 0 Å². The Hall–Kier alpha value is -2.62. The van der Waals surface area contributed by atoms with E-state index in [1.807, 2.05) is 24.1 Å². The van der Waals surface area contributed by atoms with E-state index in [0.29, 0.717) is 19.6 Å². The number of hydrogen-bond donors (Lipinski definition) is 1. The standard InChI is InChI=1S/C24H33N3O6/c1-25-18-11-16(33-4)5-6-17(18)22-23(25)19(12-28)27(21(30)14-32-3)15-24(22)7-9-26(10-8-24)20(29)13-31-2/h5-6,11,19,28H,7-10,12-15H2,1-4H3/t19-/m0/s1. The van der Waals surface area contributed by atoms with Gasteiger partial charge in [0.1, 0.15) is 19.0 Å². The molecule has 4 rings (SSSR count). The van der Waals surface area contributed by atoms with Crippen molar-refractivity contribution in [2.45, 2.75) is 24.3 Å². The van der Waals surface area contributed by atoms with Crippen LogP contribution in [0.4, 0.5) is 0 Å². The van der Waals surface area contributed by atoms with E-state index in [-0.39, 0.29) is 37.0 Å². The second-order valence-electron chi connectivity index (χ2n) is 8.95. The third-order valence-corrected chi connectivity index (χ3v) is 7.25. The van der Waals surface area contributed by atoms with Crippen molar-refractivity contribution in [1.82, 2.24) is 14.4 Å². The molecule has 2 aliphatic rings. The van der Waals surface area contributed by atoms with Crippen LogP contribution in [0.3, 0.4) is 0 Å². The van der Waals surface area contributed by atoms with Crippen molar-refractivity contribution >= 4 is 22.7 Å². The van der Waals surface area contributed by atoms with Crippen LogP contribution in [0.1, 0.15) is 30.1 Å². The topological polar surface area (TPSA) is 93.5 Å². The first-order valence-electron chi connectivity index (χ1n) is 11.2. The Morgan fingerprint density at radius 3 is 2.36 bits per heavy atom. The van der Waals surface area contributed by atoms with Gasteiger partial charge in [-0.15, -0.1) is 0 Å². The molecule has 2 amide bonds. The van der Waals surface area contributed by atoms with Gasteiger partial charge in [0.25, 0.3) is 0 Å². The number of fused-ring (bicyclic) bond motifs is 4. The smallest absolute Gasteiger partial charge is 0.249 e. The minimum Gasteiger partial charge on any atom is -0.497 e. The number of hydrogen-bond acceptors (Lipinski definition) is 6. The lowest BCUT2D eigenvalue weighted by molar-refractivity contribution is -0.143.